The first-order chi connectivity index (χ1) is 8.25. The Morgan fingerprint density at radius 3 is 2.65 bits per heavy atom. The Balaban J connectivity index is 2.12. The van der Waals surface area contributed by atoms with Crippen LogP contribution in [0, 0.1) is 0 Å². The van der Waals surface area contributed by atoms with Crippen molar-refractivity contribution >= 4 is 5.91 Å². The van der Waals surface area contributed by atoms with Crippen LogP contribution in [0.4, 0.5) is 0 Å². The Bertz CT molecular complexity index is 215. The van der Waals surface area contributed by atoms with E-state index in [2.05, 4.69) is 5.32 Å². The highest BCUT2D eigenvalue weighted by Gasteiger charge is 2.21. The fourth-order valence-corrected chi connectivity index (χ4v) is 2.17. The summed E-state index contributed by atoms with van der Waals surface area (Å²) in [6.45, 7) is 5.54. The van der Waals surface area contributed by atoms with Crippen molar-refractivity contribution in [1.82, 2.24) is 10.2 Å². The van der Waals surface area contributed by atoms with Gasteiger partial charge in [0.25, 0.3) is 0 Å². The molecule has 100 valence electrons. The Morgan fingerprint density at radius 1 is 1.29 bits per heavy atom. The first kappa shape index (κ1) is 14.5. The maximum absolute atomic E-state index is 12.1. The second-order valence-corrected chi connectivity index (χ2v) is 4.76. The van der Waals surface area contributed by atoms with Crippen LogP contribution < -0.4 is 5.32 Å². The minimum absolute atomic E-state index is 0.0457. The lowest BCUT2D eigenvalue weighted by Crippen LogP contribution is -2.47. The van der Waals surface area contributed by atoms with Crippen LogP contribution in [0.25, 0.3) is 0 Å². The van der Waals surface area contributed by atoms with Gasteiger partial charge in [0, 0.05) is 26.8 Å². The van der Waals surface area contributed by atoms with Crippen molar-refractivity contribution in [3.63, 3.8) is 0 Å². The zero-order valence-electron chi connectivity index (χ0n) is 11.2. The molecule has 1 aliphatic heterocycles. The largest absolute Gasteiger partial charge is 0.385 e. The summed E-state index contributed by atoms with van der Waals surface area (Å²) in [6, 6.07) is -0.0457. The first-order valence-corrected chi connectivity index (χ1v) is 6.77. The second kappa shape index (κ2) is 8.48. The number of amides is 1. The van der Waals surface area contributed by atoms with Crippen LogP contribution in [0.15, 0.2) is 0 Å². The zero-order valence-corrected chi connectivity index (χ0v) is 11.2. The van der Waals surface area contributed by atoms with E-state index >= 15 is 0 Å². The fourth-order valence-electron chi connectivity index (χ4n) is 2.17. The van der Waals surface area contributed by atoms with E-state index in [-0.39, 0.29) is 11.9 Å². The monoisotopic (exact) mass is 242 g/mol. The minimum Gasteiger partial charge on any atom is -0.385 e. The topological polar surface area (TPSA) is 41.6 Å². The van der Waals surface area contributed by atoms with Gasteiger partial charge in [-0.15, -0.1) is 0 Å². The molecule has 1 amide bonds. The van der Waals surface area contributed by atoms with Crippen LogP contribution >= 0.6 is 0 Å². The van der Waals surface area contributed by atoms with Gasteiger partial charge in [-0.05, 0) is 45.6 Å². The Labute approximate surface area is 105 Å². The third kappa shape index (κ3) is 5.50. The molecule has 17 heavy (non-hydrogen) atoms. The van der Waals surface area contributed by atoms with E-state index in [9.17, 15) is 4.79 Å². The Morgan fingerprint density at radius 2 is 2.00 bits per heavy atom. The van der Waals surface area contributed by atoms with Gasteiger partial charge in [0.15, 0.2) is 0 Å². The number of carbonyl (C=O) groups is 1. The molecule has 0 spiro atoms. The van der Waals surface area contributed by atoms with Crippen molar-refractivity contribution in [3.8, 4) is 0 Å². The molecule has 1 N–H and O–H groups in total. The number of nitrogens with one attached hydrogen (secondary N) is 1. The summed E-state index contributed by atoms with van der Waals surface area (Å²) in [6.07, 6.45) is 5.70. The number of unbranched alkanes of at least 4 members (excludes halogenated alkanes) is 1. The Kier molecular flexibility index (Phi) is 7.21. The van der Waals surface area contributed by atoms with Crippen LogP contribution in [0.1, 0.15) is 39.0 Å². The molecule has 1 fully saturated rings. The van der Waals surface area contributed by atoms with Crippen LogP contribution in [0.3, 0.4) is 0 Å². The quantitative estimate of drug-likeness (QED) is 0.686. The molecule has 0 aromatic carbocycles. The molecular formula is C13H26N2O2. The second-order valence-electron chi connectivity index (χ2n) is 4.76. The molecule has 4 nitrogen and oxygen atoms in total. The molecule has 0 bridgehead atoms. The molecule has 0 aromatic rings. The molecule has 1 aliphatic rings. The van der Waals surface area contributed by atoms with E-state index in [1.165, 1.54) is 6.42 Å². The van der Waals surface area contributed by atoms with E-state index in [1.54, 1.807) is 7.11 Å². The van der Waals surface area contributed by atoms with Gasteiger partial charge in [0.2, 0.25) is 5.91 Å². The summed E-state index contributed by atoms with van der Waals surface area (Å²) in [7, 11) is 1.72. The summed E-state index contributed by atoms with van der Waals surface area (Å²) in [5, 5.41) is 3.29. The normalized spacial score (nSPS) is 18.1. The van der Waals surface area contributed by atoms with Crippen molar-refractivity contribution in [2.24, 2.45) is 0 Å². The summed E-state index contributed by atoms with van der Waals surface area (Å²) < 4.78 is 4.99. The van der Waals surface area contributed by atoms with E-state index in [4.69, 9.17) is 4.74 Å². The lowest BCUT2D eigenvalue weighted by atomic mass is 10.1. The van der Waals surface area contributed by atoms with Crippen molar-refractivity contribution in [2.75, 3.05) is 33.4 Å². The Hall–Kier alpha value is -0.610. The predicted octanol–water partition coefficient (Wildman–Crippen LogP) is 1.40. The molecule has 0 saturated carbocycles. The number of rotatable bonds is 7. The number of ether oxygens (including phenoxy) is 1. The third-order valence-corrected chi connectivity index (χ3v) is 3.26. The first-order valence-electron chi connectivity index (χ1n) is 6.77. The number of piperidine rings is 1. The average Bonchev–Trinajstić information content (AvgIpc) is 2.38. The van der Waals surface area contributed by atoms with Gasteiger partial charge in [0.05, 0.1) is 6.04 Å². The minimum atomic E-state index is -0.0457. The van der Waals surface area contributed by atoms with Crippen LogP contribution in [0.2, 0.25) is 0 Å². The predicted molar refractivity (Wildman–Crippen MR) is 69.0 cm³/mol. The van der Waals surface area contributed by atoms with Gasteiger partial charge in [-0.3, -0.25) is 4.79 Å². The number of carbonyl (C=O) groups excluding carboxylic acids is 1. The number of likely N-dealkylation sites (tertiary alicyclic amines) is 1. The summed E-state index contributed by atoms with van der Waals surface area (Å²) in [5.41, 5.74) is 0. The highest BCUT2D eigenvalue weighted by Crippen LogP contribution is 2.09. The molecule has 1 unspecified atom stereocenters. The van der Waals surface area contributed by atoms with Crippen molar-refractivity contribution in [2.45, 2.75) is 45.1 Å². The molecule has 4 heteroatoms. The van der Waals surface area contributed by atoms with Crippen molar-refractivity contribution < 1.29 is 9.53 Å². The SMILES string of the molecule is COCCCCNC(C)C(=O)N1CCCCC1. The van der Waals surface area contributed by atoms with Gasteiger partial charge in [-0.25, -0.2) is 0 Å². The van der Waals surface area contributed by atoms with Crippen LogP contribution in [-0.4, -0.2) is 50.2 Å². The highest BCUT2D eigenvalue weighted by atomic mass is 16.5. The molecule has 1 atom stereocenters. The van der Waals surface area contributed by atoms with E-state index in [0.29, 0.717) is 0 Å². The fraction of sp³-hybridized carbons (Fsp3) is 0.923. The number of methoxy groups -OCH3 is 1. The number of hydrogen-bond acceptors (Lipinski definition) is 3. The maximum atomic E-state index is 12.1. The van der Waals surface area contributed by atoms with Crippen LogP contribution in [-0.2, 0) is 9.53 Å². The molecule has 1 saturated heterocycles. The molecule has 0 aromatic heterocycles. The highest BCUT2D eigenvalue weighted by molar-refractivity contribution is 5.81. The standard InChI is InChI=1S/C13H26N2O2/c1-12(14-8-4-7-11-17-2)13(16)15-9-5-3-6-10-15/h12,14H,3-11H2,1-2H3. The van der Waals surface area contributed by atoms with Crippen LogP contribution in [0.5, 0.6) is 0 Å². The average molecular weight is 242 g/mol. The van der Waals surface area contributed by atoms with E-state index in [1.807, 2.05) is 11.8 Å². The summed E-state index contributed by atoms with van der Waals surface area (Å²) in [5.74, 6) is 0.261. The molecule has 1 rings (SSSR count). The molecule has 1 heterocycles. The third-order valence-electron chi connectivity index (χ3n) is 3.26. The summed E-state index contributed by atoms with van der Waals surface area (Å²) >= 11 is 0. The van der Waals surface area contributed by atoms with Gasteiger partial charge in [0.1, 0.15) is 0 Å². The molecular weight excluding hydrogens is 216 g/mol. The summed E-state index contributed by atoms with van der Waals surface area (Å²) in [4.78, 5) is 14.1. The van der Waals surface area contributed by atoms with Gasteiger partial charge >= 0.3 is 0 Å². The smallest absolute Gasteiger partial charge is 0.239 e. The molecule has 0 radical (unpaired) electrons. The number of nitrogens with zero attached hydrogens (tertiary/aromatic N) is 1. The van der Waals surface area contributed by atoms with Gasteiger partial charge < -0.3 is 15.0 Å². The van der Waals surface area contributed by atoms with E-state index in [0.717, 1.165) is 51.9 Å². The lowest BCUT2D eigenvalue weighted by molar-refractivity contribution is -0.133. The van der Waals surface area contributed by atoms with Crippen molar-refractivity contribution in [3.05, 3.63) is 0 Å². The van der Waals surface area contributed by atoms with Gasteiger partial charge in [-0.1, -0.05) is 0 Å². The number of hydrogen-bond donors (Lipinski definition) is 1. The maximum Gasteiger partial charge on any atom is 0.239 e. The van der Waals surface area contributed by atoms with Gasteiger partial charge in [-0.2, -0.15) is 0 Å². The zero-order chi connectivity index (χ0) is 12.5. The lowest BCUT2D eigenvalue weighted by Gasteiger charge is -2.29. The van der Waals surface area contributed by atoms with Crippen molar-refractivity contribution in [1.29, 1.82) is 0 Å². The van der Waals surface area contributed by atoms with E-state index < -0.39 is 0 Å². The molecule has 0 aliphatic carbocycles.